The maximum Gasteiger partial charge on any atom is 0.265 e. The van der Waals surface area contributed by atoms with Crippen LogP contribution in [0.1, 0.15) is 30.9 Å². The first-order chi connectivity index (χ1) is 15.6. The van der Waals surface area contributed by atoms with E-state index >= 15 is 0 Å². The van der Waals surface area contributed by atoms with Gasteiger partial charge < -0.3 is 15.0 Å². The van der Waals surface area contributed by atoms with Crippen LogP contribution in [0.3, 0.4) is 0 Å². The lowest BCUT2D eigenvalue weighted by molar-refractivity contribution is -0.123. The number of anilines is 2. The monoisotopic (exact) mass is 471 g/mol. The normalized spacial score (nSPS) is 21.0. The third-order valence-electron chi connectivity index (χ3n) is 6.31. The molecule has 0 bridgehead atoms. The molecular weight excluding hydrogens is 442 g/mol. The minimum atomic E-state index is -3.85. The Balaban J connectivity index is 1.56. The van der Waals surface area contributed by atoms with E-state index in [0.29, 0.717) is 36.4 Å². The van der Waals surface area contributed by atoms with E-state index < -0.39 is 22.0 Å². The van der Waals surface area contributed by atoms with Crippen LogP contribution in [0.2, 0.25) is 0 Å². The number of hydrogen-bond donors (Lipinski definition) is 1. The molecule has 0 aromatic heterocycles. The number of carbonyl (C=O) groups excluding carboxylic acids is 2. The third kappa shape index (κ3) is 4.47. The molecule has 2 atom stereocenters. The van der Waals surface area contributed by atoms with Crippen LogP contribution < -0.4 is 15.0 Å². The zero-order valence-corrected chi connectivity index (χ0v) is 20.1. The Hall–Kier alpha value is -2.91. The first kappa shape index (κ1) is 23.3. The van der Waals surface area contributed by atoms with Crippen LogP contribution in [0.4, 0.5) is 11.4 Å². The second-order valence-electron chi connectivity index (χ2n) is 8.80. The number of piperidine rings is 1. The maximum absolute atomic E-state index is 13.5. The standard InChI is InChI=1S/C24H29N3O5S/c1-15-7-9-19(10-8-15)26(4)24(29)18-6-5-11-27(14-18)33(30,31)22-13-21-20(12-16(22)2)25-23(28)17(3)32-21/h7-10,12-13,17-18H,5-6,11,14H2,1-4H3,(H,25,28)/t17-,18+/m1/s1. The van der Waals surface area contributed by atoms with Crippen molar-refractivity contribution in [1.82, 2.24) is 4.31 Å². The quantitative estimate of drug-likeness (QED) is 0.739. The number of aryl methyl sites for hydroxylation is 2. The van der Waals surface area contributed by atoms with Gasteiger partial charge in [-0.2, -0.15) is 4.31 Å². The van der Waals surface area contributed by atoms with Gasteiger partial charge in [0.2, 0.25) is 15.9 Å². The average Bonchev–Trinajstić information content (AvgIpc) is 2.79. The molecule has 1 fully saturated rings. The van der Waals surface area contributed by atoms with Crippen LogP contribution in [-0.4, -0.2) is 50.8 Å². The van der Waals surface area contributed by atoms with Gasteiger partial charge in [0.15, 0.2) is 6.10 Å². The molecule has 2 amide bonds. The first-order valence-electron chi connectivity index (χ1n) is 11.0. The van der Waals surface area contributed by atoms with E-state index in [0.717, 1.165) is 11.3 Å². The molecule has 0 aliphatic carbocycles. The maximum atomic E-state index is 13.5. The minimum absolute atomic E-state index is 0.0965. The summed E-state index contributed by atoms with van der Waals surface area (Å²) in [6.07, 6.45) is 0.534. The Morgan fingerprint density at radius 1 is 1.18 bits per heavy atom. The number of fused-ring (bicyclic) bond motifs is 1. The van der Waals surface area contributed by atoms with E-state index in [4.69, 9.17) is 4.74 Å². The van der Waals surface area contributed by atoms with E-state index in [1.165, 1.54) is 10.4 Å². The molecule has 9 heteroatoms. The molecular formula is C24H29N3O5S. The number of ether oxygens (including phenoxy) is 1. The van der Waals surface area contributed by atoms with E-state index in [9.17, 15) is 18.0 Å². The van der Waals surface area contributed by atoms with Crippen molar-refractivity contribution in [2.75, 3.05) is 30.4 Å². The zero-order valence-electron chi connectivity index (χ0n) is 19.3. The molecule has 33 heavy (non-hydrogen) atoms. The molecule has 1 saturated heterocycles. The Morgan fingerprint density at radius 2 is 1.88 bits per heavy atom. The van der Waals surface area contributed by atoms with Gasteiger partial charge in [-0.1, -0.05) is 17.7 Å². The fourth-order valence-corrected chi connectivity index (χ4v) is 6.04. The van der Waals surface area contributed by atoms with Gasteiger partial charge in [-0.05, 0) is 57.4 Å². The number of amides is 2. The molecule has 2 aliphatic rings. The van der Waals surface area contributed by atoms with Crippen molar-refractivity contribution in [1.29, 1.82) is 0 Å². The number of nitrogens with zero attached hydrogens (tertiary/aromatic N) is 2. The fourth-order valence-electron chi connectivity index (χ4n) is 4.29. The summed E-state index contributed by atoms with van der Waals surface area (Å²) >= 11 is 0. The van der Waals surface area contributed by atoms with Gasteiger partial charge in [-0.3, -0.25) is 9.59 Å². The van der Waals surface area contributed by atoms with Gasteiger partial charge in [0.1, 0.15) is 5.75 Å². The second kappa shape index (κ2) is 8.79. The van der Waals surface area contributed by atoms with Crippen molar-refractivity contribution in [2.24, 2.45) is 5.92 Å². The summed E-state index contributed by atoms with van der Waals surface area (Å²) in [5.74, 6) is -0.461. The van der Waals surface area contributed by atoms with Gasteiger partial charge in [0.05, 0.1) is 16.5 Å². The van der Waals surface area contributed by atoms with Gasteiger partial charge in [-0.25, -0.2) is 8.42 Å². The van der Waals surface area contributed by atoms with Gasteiger partial charge in [0.25, 0.3) is 5.91 Å². The smallest absolute Gasteiger partial charge is 0.265 e. The SMILES string of the molecule is Cc1ccc(N(C)C(=O)[C@H]2CCCN(S(=O)(=O)c3cc4c(cc3C)NC(=O)[C@@H](C)O4)C2)cc1. The van der Waals surface area contributed by atoms with Crippen molar-refractivity contribution in [3.8, 4) is 5.75 Å². The summed E-state index contributed by atoms with van der Waals surface area (Å²) in [6.45, 7) is 5.76. The average molecular weight is 472 g/mol. The molecule has 2 heterocycles. The molecule has 0 radical (unpaired) electrons. The van der Waals surface area contributed by atoms with Crippen molar-refractivity contribution in [3.63, 3.8) is 0 Å². The lowest BCUT2D eigenvalue weighted by Gasteiger charge is -2.34. The Labute approximate surface area is 194 Å². The largest absolute Gasteiger partial charge is 0.479 e. The predicted molar refractivity (Wildman–Crippen MR) is 126 cm³/mol. The van der Waals surface area contributed by atoms with Gasteiger partial charge in [-0.15, -0.1) is 0 Å². The van der Waals surface area contributed by atoms with E-state index in [2.05, 4.69) is 5.32 Å². The summed E-state index contributed by atoms with van der Waals surface area (Å²) in [6, 6.07) is 10.8. The number of hydrogen-bond acceptors (Lipinski definition) is 5. The van der Waals surface area contributed by atoms with E-state index in [1.54, 1.807) is 31.9 Å². The van der Waals surface area contributed by atoms with E-state index in [-0.39, 0.29) is 23.3 Å². The summed E-state index contributed by atoms with van der Waals surface area (Å²) in [4.78, 5) is 26.8. The molecule has 4 rings (SSSR count). The number of rotatable bonds is 4. The Kier molecular flexibility index (Phi) is 6.20. The molecule has 2 aromatic rings. The number of benzene rings is 2. The zero-order chi connectivity index (χ0) is 23.9. The number of nitrogens with one attached hydrogen (secondary N) is 1. The fraction of sp³-hybridized carbons (Fsp3) is 0.417. The highest BCUT2D eigenvalue weighted by molar-refractivity contribution is 7.89. The van der Waals surface area contributed by atoms with Crippen LogP contribution >= 0.6 is 0 Å². The first-order valence-corrected chi connectivity index (χ1v) is 12.5. The van der Waals surface area contributed by atoms with Gasteiger partial charge in [0, 0.05) is 31.9 Å². The summed E-state index contributed by atoms with van der Waals surface area (Å²) in [7, 11) is -2.13. The molecule has 2 aromatic carbocycles. The van der Waals surface area contributed by atoms with Crippen LogP contribution in [0.25, 0.3) is 0 Å². The second-order valence-corrected chi connectivity index (χ2v) is 10.7. The highest BCUT2D eigenvalue weighted by Crippen LogP contribution is 2.36. The number of carbonyl (C=O) groups is 2. The lowest BCUT2D eigenvalue weighted by Crippen LogP contribution is -2.46. The molecule has 0 saturated carbocycles. The molecule has 0 spiro atoms. The van der Waals surface area contributed by atoms with Crippen LogP contribution in [0.15, 0.2) is 41.3 Å². The van der Waals surface area contributed by atoms with Crippen molar-refractivity contribution in [3.05, 3.63) is 47.5 Å². The van der Waals surface area contributed by atoms with Crippen LogP contribution in [0, 0.1) is 19.8 Å². The van der Waals surface area contributed by atoms with E-state index in [1.807, 2.05) is 31.2 Å². The van der Waals surface area contributed by atoms with Crippen LogP contribution in [-0.2, 0) is 19.6 Å². The molecule has 0 unspecified atom stereocenters. The highest BCUT2D eigenvalue weighted by atomic mass is 32.2. The van der Waals surface area contributed by atoms with Crippen LogP contribution in [0.5, 0.6) is 5.75 Å². The number of sulfonamides is 1. The Bertz CT molecular complexity index is 1190. The third-order valence-corrected chi connectivity index (χ3v) is 8.32. The van der Waals surface area contributed by atoms with Gasteiger partial charge >= 0.3 is 0 Å². The minimum Gasteiger partial charge on any atom is -0.479 e. The summed E-state index contributed by atoms with van der Waals surface area (Å²) in [5, 5.41) is 2.74. The topological polar surface area (TPSA) is 96.0 Å². The molecule has 2 aliphatic heterocycles. The predicted octanol–water partition coefficient (Wildman–Crippen LogP) is 3.09. The lowest BCUT2D eigenvalue weighted by atomic mass is 9.98. The van der Waals surface area contributed by atoms with Crippen molar-refractivity contribution < 1.29 is 22.7 Å². The molecule has 176 valence electrons. The molecule has 1 N–H and O–H groups in total. The molecule has 8 nitrogen and oxygen atoms in total. The summed E-state index contributed by atoms with van der Waals surface area (Å²) < 4.78 is 34.1. The Morgan fingerprint density at radius 3 is 2.58 bits per heavy atom. The van der Waals surface area contributed by atoms with Crippen molar-refractivity contribution >= 4 is 33.2 Å². The summed E-state index contributed by atoms with van der Waals surface area (Å²) in [5.41, 5.74) is 2.86. The van der Waals surface area contributed by atoms with Crippen molar-refractivity contribution in [2.45, 2.75) is 44.6 Å². The highest BCUT2D eigenvalue weighted by Gasteiger charge is 2.36.